The number of carbonyl (C=O) groups excluding carboxylic acids is 1. The number of rotatable bonds is 2. The first-order valence-corrected chi connectivity index (χ1v) is 6.71. The Morgan fingerprint density at radius 1 is 1.55 bits per heavy atom. The van der Waals surface area contributed by atoms with E-state index in [1.807, 2.05) is 30.2 Å². The topological polar surface area (TPSA) is 74.6 Å². The molecular formula is C13H18N6O. The van der Waals surface area contributed by atoms with Crippen LogP contribution in [-0.2, 0) is 4.79 Å². The third kappa shape index (κ3) is 2.09. The number of piperazine rings is 1. The van der Waals surface area contributed by atoms with Crippen molar-refractivity contribution in [1.82, 2.24) is 25.2 Å². The highest BCUT2D eigenvalue weighted by Gasteiger charge is 2.30. The van der Waals surface area contributed by atoms with Crippen LogP contribution >= 0.6 is 0 Å². The molecule has 3 heterocycles. The molecule has 106 valence electrons. The predicted octanol–water partition coefficient (Wildman–Crippen LogP) is -0.438. The molecule has 1 fully saturated rings. The van der Waals surface area contributed by atoms with Gasteiger partial charge in [0.2, 0.25) is 11.9 Å². The monoisotopic (exact) mass is 274 g/mol. The molecule has 0 aliphatic carbocycles. The van der Waals surface area contributed by atoms with Crippen LogP contribution in [0.2, 0.25) is 0 Å². The van der Waals surface area contributed by atoms with Gasteiger partial charge in [0, 0.05) is 32.9 Å². The molecule has 0 saturated carbocycles. The van der Waals surface area contributed by atoms with Gasteiger partial charge in [-0.1, -0.05) is 6.07 Å². The number of nitrogens with one attached hydrogen (secondary N) is 2. The molecule has 1 amide bonds. The van der Waals surface area contributed by atoms with E-state index in [1.54, 1.807) is 11.6 Å². The zero-order chi connectivity index (χ0) is 14.1. The first-order valence-electron chi connectivity index (χ1n) is 6.71. The smallest absolute Gasteiger partial charge is 0.246 e. The average molecular weight is 274 g/mol. The predicted molar refractivity (Wildman–Crippen MR) is 75.8 cm³/mol. The van der Waals surface area contributed by atoms with Crippen LogP contribution in [-0.4, -0.2) is 53.2 Å². The zero-order valence-corrected chi connectivity index (χ0v) is 11.6. The maximum atomic E-state index is 12.0. The molecule has 3 rings (SSSR count). The molecule has 0 spiro atoms. The Hall–Kier alpha value is -2.15. The van der Waals surface area contributed by atoms with Gasteiger partial charge < -0.3 is 15.5 Å². The number of hydrogen-bond donors (Lipinski definition) is 2. The summed E-state index contributed by atoms with van der Waals surface area (Å²) in [4.78, 5) is 18.5. The number of aromatic nitrogens is 3. The van der Waals surface area contributed by atoms with Crippen molar-refractivity contribution in [1.29, 1.82) is 0 Å². The van der Waals surface area contributed by atoms with Crippen molar-refractivity contribution in [3.05, 3.63) is 23.9 Å². The molecule has 1 saturated heterocycles. The molecule has 7 heteroatoms. The van der Waals surface area contributed by atoms with Crippen LogP contribution in [0.15, 0.2) is 18.3 Å². The minimum atomic E-state index is -0.272. The van der Waals surface area contributed by atoms with Crippen molar-refractivity contribution in [2.75, 3.05) is 31.6 Å². The summed E-state index contributed by atoms with van der Waals surface area (Å²) in [6.45, 7) is 4.14. The summed E-state index contributed by atoms with van der Waals surface area (Å²) in [5, 5.41) is 10.4. The van der Waals surface area contributed by atoms with Crippen molar-refractivity contribution in [3.63, 3.8) is 0 Å². The summed E-state index contributed by atoms with van der Waals surface area (Å²) in [5.41, 5.74) is 1.90. The number of carbonyl (C=O) groups is 1. The highest BCUT2D eigenvalue weighted by atomic mass is 16.2. The van der Waals surface area contributed by atoms with Crippen molar-refractivity contribution >= 4 is 17.5 Å². The van der Waals surface area contributed by atoms with Crippen LogP contribution in [0.5, 0.6) is 0 Å². The second-order valence-corrected chi connectivity index (χ2v) is 4.90. The van der Waals surface area contributed by atoms with Crippen molar-refractivity contribution in [2.24, 2.45) is 0 Å². The number of likely N-dealkylation sites (N-methyl/N-ethyl adjacent to an activating group) is 1. The molecule has 0 aromatic carbocycles. The van der Waals surface area contributed by atoms with E-state index in [9.17, 15) is 4.79 Å². The molecule has 2 aromatic rings. The van der Waals surface area contributed by atoms with E-state index in [2.05, 4.69) is 20.7 Å². The molecule has 1 aliphatic heterocycles. The zero-order valence-electron chi connectivity index (χ0n) is 11.6. The lowest BCUT2D eigenvalue weighted by molar-refractivity contribution is -0.122. The first-order chi connectivity index (χ1) is 9.70. The molecule has 7 nitrogen and oxygen atoms in total. The summed E-state index contributed by atoms with van der Waals surface area (Å²) < 4.78 is 1.76. The van der Waals surface area contributed by atoms with Crippen molar-refractivity contribution < 1.29 is 4.79 Å². The van der Waals surface area contributed by atoms with Gasteiger partial charge in [-0.15, -0.1) is 5.10 Å². The standard InChI is InChI=1S/C13H18N6O/c1-9-4-3-6-19-11(9)16-13(17-19)18-7-5-15-8-10(18)12(20)14-2/h3-4,6,10,15H,5,7-8H2,1-2H3,(H,14,20). The summed E-state index contributed by atoms with van der Waals surface area (Å²) in [6, 6.07) is 3.67. The molecule has 1 unspecified atom stereocenters. The highest BCUT2D eigenvalue weighted by Crippen LogP contribution is 2.17. The van der Waals surface area contributed by atoms with Crippen LogP contribution in [0, 0.1) is 6.92 Å². The number of pyridine rings is 1. The largest absolute Gasteiger partial charge is 0.357 e. The van der Waals surface area contributed by atoms with Crippen LogP contribution in [0.4, 0.5) is 5.95 Å². The Kier molecular flexibility index (Phi) is 3.27. The second kappa shape index (κ2) is 5.09. The third-order valence-electron chi connectivity index (χ3n) is 3.60. The normalized spacial score (nSPS) is 19.3. The van der Waals surface area contributed by atoms with Gasteiger partial charge in [-0.25, -0.2) is 4.52 Å². The molecule has 0 bridgehead atoms. The van der Waals surface area contributed by atoms with Gasteiger partial charge in [0.05, 0.1) is 0 Å². The Balaban J connectivity index is 1.99. The van der Waals surface area contributed by atoms with Gasteiger partial charge in [0.25, 0.3) is 0 Å². The molecule has 1 aliphatic rings. The molecule has 20 heavy (non-hydrogen) atoms. The van der Waals surface area contributed by atoms with Gasteiger partial charge in [0.15, 0.2) is 5.65 Å². The fourth-order valence-corrected chi connectivity index (χ4v) is 2.49. The fourth-order valence-electron chi connectivity index (χ4n) is 2.49. The highest BCUT2D eigenvalue weighted by molar-refractivity contribution is 5.85. The number of hydrogen-bond acceptors (Lipinski definition) is 5. The minimum absolute atomic E-state index is 0.0206. The van der Waals surface area contributed by atoms with Gasteiger partial charge in [-0.05, 0) is 18.6 Å². The van der Waals surface area contributed by atoms with Crippen LogP contribution in [0.25, 0.3) is 5.65 Å². The lowest BCUT2D eigenvalue weighted by Crippen LogP contribution is -2.58. The lowest BCUT2D eigenvalue weighted by Gasteiger charge is -2.33. The number of amides is 1. The SMILES string of the molecule is CNC(=O)C1CNCCN1c1nc2c(C)cccn2n1. The van der Waals surface area contributed by atoms with E-state index < -0.39 is 0 Å². The summed E-state index contributed by atoms with van der Waals surface area (Å²) in [6.07, 6.45) is 1.87. The summed E-state index contributed by atoms with van der Waals surface area (Å²) in [5.74, 6) is 0.585. The maximum absolute atomic E-state index is 12.0. The first kappa shape index (κ1) is 12.9. The maximum Gasteiger partial charge on any atom is 0.246 e. The lowest BCUT2D eigenvalue weighted by atomic mass is 10.2. The minimum Gasteiger partial charge on any atom is -0.357 e. The van der Waals surface area contributed by atoms with Crippen LogP contribution in [0.3, 0.4) is 0 Å². The summed E-state index contributed by atoms with van der Waals surface area (Å²) in [7, 11) is 1.65. The molecular weight excluding hydrogens is 256 g/mol. The summed E-state index contributed by atoms with van der Waals surface area (Å²) >= 11 is 0. The Morgan fingerprint density at radius 2 is 2.40 bits per heavy atom. The van der Waals surface area contributed by atoms with Gasteiger partial charge in [-0.2, -0.15) is 4.98 Å². The van der Waals surface area contributed by atoms with E-state index in [0.717, 1.165) is 17.8 Å². The van der Waals surface area contributed by atoms with E-state index in [0.29, 0.717) is 19.0 Å². The Morgan fingerprint density at radius 3 is 3.15 bits per heavy atom. The molecule has 1 atom stereocenters. The van der Waals surface area contributed by atoms with E-state index in [4.69, 9.17) is 0 Å². The molecule has 0 radical (unpaired) electrons. The molecule has 2 aromatic heterocycles. The van der Waals surface area contributed by atoms with E-state index in [-0.39, 0.29) is 11.9 Å². The quantitative estimate of drug-likeness (QED) is 0.777. The molecule has 2 N–H and O–H groups in total. The Bertz CT molecular complexity index is 637. The Labute approximate surface area is 117 Å². The number of nitrogens with zero attached hydrogens (tertiary/aromatic N) is 4. The van der Waals surface area contributed by atoms with Crippen molar-refractivity contribution in [2.45, 2.75) is 13.0 Å². The van der Waals surface area contributed by atoms with Crippen molar-refractivity contribution in [3.8, 4) is 0 Å². The van der Waals surface area contributed by atoms with E-state index >= 15 is 0 Å². The van der Waals surface area contributed by atoms with Crippen LogP contribution < -0.4 is 15.5 Å². The number of fused-ring (bicyclic) bond motifs is 1. The number of anilines is 1. The van der Waals surface area contributed by atoms with Gasteiger partial charge in [-0.3, -0.25) is 4.79 Å². The second-order valence-electron chi connectivity index (χ2n) is 4.90. The number of aryl methyl sites for hydroxylation is 1. The van der Waals surface area contributed by atoms with Gasteiger partial charge in [0.1, 0.15) is 6.04 Å². The fraction of sp³-hybridized carbons (Fsp3) is 0.462. The van der Waals surface area contributed by atoms with Gasteiger partial charge >= 0.3 is 0 Å². The average Bonchev–Trinajstić information content (AvgIpc) is 2.92. The van der Waals surface area contributed by atoms with E-state index in [1.165, 1.54) is 0 Å². The third-order valence-corrected chi connectivity index (χ3v) is 3.60. The van der Waals surface area contributed by atoms with Crippen LogP contribution in [0.1, 0.15) is 5.56 Å².